The number of allylic oxidation sites excluding steroid dienone is 12. The molecule has 0 spiro atoms. The van der Waals surface area contributed by atoms with Crippen molar-refractivity contribution < 1.29 is 4.42 Å². The summed E-state index contributed by atoms with van der Waals surface area (Å²) in [7, 11) is 1.68. The number of hydrogen-bond acceptors (Lipinski definition) is 0. The van der Waals surface area contributed by atoms with Crippen LogP contribution in [-0.2, 0) is 4.42 Å². The Labute approximate surface area is 89.8 Å². The van der Waals surface area contributed by atoms with E-state index in [4.69, 9.17) is 4.42 Å². The van der Waals surface area contributed by atoms with Crippen LogP contribution in [0.4, 0.5) is 0 Å². The van der Waals surface area contributed by atoms with E-state index in [1.165, 1.54) is 11.1 Å². The molecule has 0 aromatic carbocycles. The van der Waals surface area contributed by atoms with Crippen molar-refractivity contribution in [3.63, 3.8) is 0 Å². The predicted molar refractivity (Wildman–Crippen MR) is 63.7 cm³/mol. The first-order valence-electron chi connectivity index (χ1n) is 4.93. The highest BCUT2D eigenvalue weighted by Crippen LogP contribution is 2.16. The summed E-state index contributed by atoms with van der Waals surface area (Å²) in [5.41, 5.74) is 2.41. The van der Waals surface area contributed by atoms with Crippen molar-refractivity contribution in [3.05, 3.63) is 71.9 Å². The van der Waals surface area contributed by atoms with E-state index in [-0.39, 0.29) is 0 Å². The Morgan fingerprint density at radius 3 is 1.73 bits per heavy atom. The first-order valence-corrected chi connectivity index (χ1v) is 4.93. The van der Waals surface area contributed by atoms with Gasteiger partial charge < -0.3 is 0 Å². The highest BCUT2D eigenvalue weighted by atomic mass is 16.4. The lowest BCUT2D eigenvalue weighted by atomic mass is 10.0. The van der Waals surface area contributed by atoms with Gasteiger partial charge in [0, 0.05) is 12.2 Å². The molecule has 1 nitrogen and oxygen atoms in total. The van der Waals surface area contributed by atoms with Crippen molar-refractivity contribution in [3.8, 4) is 0 Å². The summed E-state index contributed by atoms with van der Waals surface area (Å²) in [6.07, 6.45) is 20.4. The topological polar surface area (TPSA) is 11.3 Å². The molecule has 0 aliphatic heterocycles. The van der Waals surface area contributed by atoms with Crippen LogP contribution >= 0.6 is 0 Å². The average Bonchev–Trinajstić information content (AvgIpc) is 2.58. The maximum Gasteiger partial charge on any atom is 0.343 e. The molecule has 0 bridgehead atoms. The molecule has 0 aromatic heterocycles. The van der Waals surface area contributed by atoms with Crippen LogP contribution in [0.1, 0.15) is 0 Å². The molecule has 0 fully saturated rings. The van der Waals surface area contributed by atoms with Gasteiger partial charge in [0.25, 0.3) is 7.11 Å². The Morgan fingerprint density at radius 1 is 0.667 bits per heavy atom. The van der Waals surface area contributed by atoms with Crippen LogP contribution in [0.15, 0.2) is 71.9 Å². The number of carbonyl (C=O) groups excluding carboxylic acids is 1. The quantitative estimate of drug-likeness (QED) is 0.529. The predicted octanol–water partition coefficient (Wildman–Crippen LogP) is 2.83. The minimum Gasteiger partial charge on any atom is -0.258 e. The molecule has 0 atom stereocenters. The average molecular weight is 197 g/mol. The van der Waals surface area contributed by atoms with E-state index in [9.17, 15) is 0 Å². The molecule has 0 aromatic rings. The van der Waals surface area contributed by atoms with Crippen molar-refractivity contribution in [2.75, 3.05) is 7.11 Å². The molecular formula is C14H13O+. The standard InChI is InChI=1S/C14H13O/c1-15-14-10-8-13(9-11-14)12-6-4-2-3-5-7-12/h2-11H,1H3/q+1. The highest BCUT2D eigenvalue weighted by molar-refractivity contribution is 6.01. The minimum absolute atomic E-state index is 0.888. The van der Waals surface area contributed by atoms with Crippen LogP contribution in [0.5, 0.6) is 0 Å². The van der Waals surface area contributed by atoms with Gasteiger partial charge in [-0.05, 0) is 23.3 Å². The zero-order chi connectivity index (χ0) is 10.5. The first kappa shape index (κ1) is 9.66. The van der Waals surface area contributed by atoms with Gasteiger partial charge in [-0.25, -0.2) is 0 Å². The maximum absolute atomic E-state index is 5.12. The molecule has 0 radical (unpaired) electrons. The largest absolute Gasteiger partial charge is 0.343 e. The Kier molecular flexibility index (Phi) is 2.93. The van der Waals surface area contributed by atoms with Crippen molar-refractivity contribution in [1.29, 1.82) is 0 Å². The fourth-order valence-electron chi connectivity index (χ4n) is 1.48. The summed E-state index contributed by atoms with van der Waals surface area (Å²) < 4.78 is 5.12. The molecule has 0 saturated heterocycles. The third kappa shape index (κ3) is 2.32. The Morgan fingerprint density at radius 2 is 1.20 bits per heavy atom. The molecular weight excluding hydrogens is 184 g/mol. The van der Waals surface area contributed by atoms with E-state index in [0.29, 0.717) is 0 Å². The molecule has 1 heteroatoms. The van der Waals surface area contributed by atoms with Gasteiger partial charge in [0.1, 0.15) is 0 Å². The van der Waals surface area contributed by atoms with Gasteiger partial charge in [0.05, 0.1) is 0 Å². The molecule has 0 saturated carbocycles. The molecule has 0 unspecified atom stereocenters. The van der Waals surface area contributed by atoms with Crippen molar-refractivity contribution >= 4 is 5.78 Å². The van der Waals surface area contributed by atoms with Gasteiger partial charge in [-0.2, -0.15) is 0 Å². The van der Waals surface area contributed by atoms with Crippen molar-refractivity contribution in [1.82, 2.24) is 0 Å². The van der Waals surface area contributed by atoms with Gasteiger partial charge in [-0.3, -0.25) is 4.42 Å². The molecule has 0 heterocycles. The van der Waals surface area contributed by atoms with Gasteiger partial charge in [0.2, 0.25) is 0 Å². The molecule has 0 N–H and O–H groups in total. The number of hydrogen-bond donors (Lipinski definition) is 0. The van der Waals surface area contributed by atoms with Gasteiger partial charge in [-0.1, -0.05) is 36.5 Å². The minimum atomic E-state index is 0.888. The molecule has 0 amide bonds. The summed E-state index contributed by atoms with van der Waals surface area (Å²) in [5.74, 6) is 0.888. The lowest BCUT2D eigenvalue weighted by Crippen LogP contribution is -1.96. The molecule has 2 rings (SSSR count). The van der Waals surface area contributed by atoms with E-state index >= 15 is 0 Å². The van der Waals surface area contributed by atoms with E-state index in [1.54, 1.807) is 7.11 Å². The van der Waals surface area contributed by atoms with Crippen LogP contribution in [0.25, 0.3) is 0 Å². The van der Waals surface area contributed by atoms with E-state index in [1.807, 2.05) is 36.5 Å². The molecule has 2 aliphatic rings. The summed E-state index contributed by atoms with van der Waals surface area (Å²) in [4.78, 5) is 0. The van der Waals surface area contributed by atoms with Gasteiger partial charge in [0.15, 0.2) is 0 Å². The zero-order valence-corrected chi connectivity index (χ0v) is 8.68. The second-order valence-corrected chi connectivity index (χ2v) is 3.29. The van der Waals surface area contributed by atoms with Crippen molar-refractivity contribution in [2.45, 2.75) is 0 Å². The van der Waals surface area contributed by atoms with E-state index in [0.717, 1.165) is 5.78 Å². The van der Waals surface area contributed by atoms with Crippen LogP contribution in [0.2, 0.25) is 0 Å². The first-order chi connectivity index (χ1) is 7.40. The zero-order valence-electron chi connectivity index (χ0n) is 8.68. The monoisotopic (exact) mass is 197 g/mol. The van der Waals surface area contributed by atoms with Gasteiger partial charge >= 0.3 is 5.78 Å². The highest BCUT2D eigenvalue weighted by Gasteiger charge is 2.07. The second kappa shape index (κ2) is 4.56. The van der Waals surface area contributed by atoms with E-state index < -0.39 is 0 Å². The van der Waals surface area contributed by atoms with Crippen LogP contribution < -0.4 is 0 Å². The maximum atomic E-state index is 5.12. The summed E-state index contributed by atoms with van der Waals surface area (Å²) in [5, 5.41) is 0. The Balaban J connectivity index is 2.33. The van der Waals surface area contributed by atoms with E-state index in [2.05, 4.69) is 24.3 Å². The summed E-state index contributed by atoms with van der Waals surface area (Å²) >= 11 is 0. The molecule has 2 aliphatic carbocycles. The molecule has 74 valence electrons. The number of rotatable bonds is 0. The lowest BCUT2D eigenvalue weighted by Gasteiger charge is -2.01. The van der Waals surface area contributed by atoms with Crippen LogP contribution in [0, 0.1) is 0 Å². The van der Waals surface area contributed by atoms with Gasteiger partial charge in [-0.15, -0.1) is 0 Å². The fraction of sp³-hybridized carbons (Fsp3) is 0.0714. The summed E-state index contributed by atoms with van der Waals surface area (Å²) in [6, 6.07) is 0. The Hall–Kier alpha value is -1.89. The smallest absolute Gasteiger partial charge is 0.258 e. The van der Waals surface area contributed by atoms with Crippen LogP contribution in [-0.4, -0.2) is 12.9 Å². The normalized spacial score (nSPS) is 18.6. The SMILES string of the molecule is C[O+]=C1C=CC(=C2C=CC=CC=C2)C=C1. The third-order valence-corrected chi connectivity index (χ3v) is 2.31. The second-order valence-electron chi connectivity index (χ2n) is 3.29. The lowest BCUT2D eigenvalue weighted by molar-refractivity contribution is -0.417. The number of ketones is 1. The summed E-state index contributed by atoms with van der Waals surface area (Å²) in [6.45, 7) is 0. The van der Waals surface area contributed by atoms with Crippen LogP contribution in [0.3, 0.4) is 0 Å². The molecule has 15 heavy (non-hydrogen) atoms. The fourth-order valence-corrected chi connectivity index (χ4v) is 1.48. The Bertz CT molecular complexity index is 416. The third-order valence-electron chi connectivity index (χ3n) is 2.31. The van der Waals surface area contributed by atoms with Crippen molar-refractivity contribution in [2.24, 2.45) is 0 Å².